The van der Waals surface area contributed by atoms with Crippen molar-refractivity contribution in [3.63, 3.8) is 0 Å². The van der Waals surface area contributed by atoms with E-state index in [0.29, 0.717) is 30.1 Å². The van der Waals surface area contributed by atoms with E-state index in [-0.39, 0.29) is 0 Å². The number of hydrogen-bond acceptors (Lipinski definition) is 8. The molecule has 0 aliphatic heterocycles. The van der Waals surface area contributed by atoms with Gasteiger partial charge >= 0.3 is 0 Å². The summed E-state index contributed by atoms with van der Waals surface area (Å²) in [4.78, 5) is 16.5. The number of nitrogens with one attached hydrogen (secondary N) is 1. The first-order valence-corrected chi connectivity index (χ1v) is 6.19. The van der Waals surface area contributed by atoms with Crippen LogP contribution in [0.25, 0.3) is 11.4 Å². The molecule has 106 valence electrons. The van der Waals surface area contributed by atoms with Gasteiger partial charge in [-0.1, -0.05) is 5.16 Å². The highest BCUT2D eigenvalue weighted by molar-refractivity contribution is 5.51. The molecular weight excluding hydrogens is 272 g/mol. The first kappa shape index (κ1) is 13.0. The minimum atomic E-state index is 0.320. The Bertz CT molecular complexity index is 715. The van der Waals surface area contributed by atoms with E-state index in [2.05, 4.69) is 30.4 Å². The molecule has 0 aliphatic rings. The fourth-order valence-corrected chi connectivity index (χ4v) is 1.63. The highest BCUT2D eigenvalue weighted by Crippen LogP contribution is 2.14. The van der Waals surface area contributed by atoms with E-state index >= 15 is 0 Å². The maximum Gasteiger partial charge on any atom is 0.246 e. The summed E-state index contributed by atoms with van der Waals surface area (Å²) >= 11 is 0. The summed E-state index contributed by atoms with van der Waals surface area (Å²) in [6.45, 7) is 0.320. The lowest BCUT2D eigenvalue weighted by Crippen LogP contribution is -2.04. The minimum Gasteiger partial charge on any atom is -0.481 e. The molecular formula is C13H12N6O2. The van der Waals surface area contributed by atoms with Crippen LogP contribution in [0.15, 0.2) is 41.3 Å². The zero-order valence-electron chi connectivity index (χ0n) is 11.2. The van der Waals surface area contributed by atoms with Crippen molar-refractivity contribution in [2.45, 2.75) is 6.54 Å². The lowest BCUT2D eigenvalue weighted by molar-refractivity contribution is 0.383. The fourth-order valence-electron chi connectivity index (χ4n) is 1.63. The predicted molar refractivity (Wildman–Crippen MR) is 73.4 cm³/mol. The Morgan fingerprint density at radius 1 is 1.24 bits per heavy atom. The predicted octanol–water partition coefficient (Wildman–Crippen LogP) is 1.54. The zero-order chi connectivity index (χ0) is 14.5. The standard InChI is InChI=1S/C13H12N6O2/c1-20-10-4-6-15-13(18-10)16-8-11-17-12(19-21-11)9-3-2-5-14-7-9/h2-7H,8H2,1H3,(H,15,16,18). The SMILES string of the molecule is COc1ccnc(NCc2nc(-c3cccnc3)no2)n1. The molecule has 0 bridgehead atoms. The molecule has 0 unspecified atom stereocenters. The monoisotopic (exact) mass is 284 g/mol. The van der Waals surface area contributed by atoms with Crippen molar-refractivity contribution in [2.75, 3.05) is 12.4 Å². The van der Waals surface area contributed by atoms with Gasteiger partial charge in [0.1, 0.15) is 0 Å². The van der Waals surface area contributed by atoms with Crippen molar-refractivity contribution in [1.82, 2.24) is 25.1 Å². The highest BCUT2D eigenvalue weighted by Gasteiger charge is 2.09. The van der Waals surface area contributed by atoms with Gasteiger partial charge in [-0.05, 0) is 12.1 Å². The second-order valence-corrected chi connectivity index (χ2v) is 4.03. The average molecular weight is 284 g/mol. The van der Waals surface area contributed by atoms with Gasteiger partial charge in [0.15, 0.2) is 0 Å². The fraction of sp³-hybridized carbons (Fsp3) is 0.154. The summed E-state index contributed by atoms with van der Waals surface area (Å²) in [5.41, 5.74) is 0.796. The van der Waals surface area contributed by atoms with Crippen molar-refractivity contribution in [3.05, 3.63) is 42.7 Å². The molecule has 1 N–H and O–H groups in total. The number of aromatic nitrogens is 5. The lowest BCUT2D eigenvalue weighted by Gasteiger charge is -2.02. The van der Waals surface area contributed by atoms with Crippen LogP contribution >= 0.6 is 0 Å². The minimum absolute atomic E-state index is 0.320. The molecule has 0 spiro atoms. The molecule has 8 nitrogen and oxygen atoms in total. The third-order valence-corrected chi connectivity index (χ3v) is 2.62. The van der Waals surface area contributed by atoms with Crippen LogP contribution < -0.4 is 10.1 Å². The van der Waals surface area contributed by atoms with Gasteiger partial charge in [0.05, 0.1) is 13.7 Å². The third-order valence-electron chi connectivity index (χ3n) is 2.62. The van der Waals surface area contributed by atoms with E-state index in [1.807, 2.05) is 12.1 Å². The Morgan fingerprint density at radius 2 is 2.19 bits per heavy atom. The molecule has 0 radical (unpaired) electrons. The first-order valence-electron chi connectivity index (χ1n) is 6.19. The van der Waals surface area contributed by atoms with Crippen LogP contribution in [0.3, 0.4) is 0 Å². The van der Waals surface area contributed by atoms with Crippen molar-refractivity contribution in [2.24, 2.45) is 0 Å². The number of methoxy groups -OCH3 is 1. The first-order chi connectivity index (χ1) is 10.3. The van der Waals surface area contributed by atoms with Gasteiger partial charge in [-0.2, -0.15) is 9.97 Å². The molecule has 3 rings (SSSR count). The van der Waals surface area contributed by atoms with Crippen LogP contribution in [0.2, 0.25) is 0 Å². The number of anilines is 1. The number of nitrogens with zero attached hydrogens (tertiary/aromatic N) is 5. The molecule has 0 atom stereocenters. The van der Waals surface area contributed by atoms with Gasteiger partial charge < -0.3 is 14.6 Å². The largest absolute Gasteiger partial charge is 0.481 e. The van der Waals surface area contributed by atoms with Gasteiger partial charge in [0, 0.05) is 30.2 Å². The van der Waals surface area contributed by atoms with Gasteiger partial charge in [-0.15, -0.1) is 0 Å². The van der Waals surface area contributed by atoms with E-state index in [1.165, 1.54) is 0 Å². The Labute approximate surface area is 120 Å². The van der Waals surface area contributed by atoms with E-state index < -0.39 is 0 Å². The number of pyridine rings is 1. The van der Waals surface area contributed by atoms with Crippen LogP contribution in [-0.4, -0.2) is 32.2 Å². The molecule has 3 aromatic heterocycles. The number of hydrogen-bond donors (Lipinski definition) is 1. The molecule has 21 heavy (non-hydrogen) atoms. The Morgan fingerprint density at radius 3 is 3.00 bits per heavy atom. The Balaban J connectivity index is 1.67. The maximum atomic E-state index is 5.16. The summed E-state index contributed by atoms with van der Waals surface area (Å²) in [6.07, 6.45) is 4.96. The Hall–Kier alpha value is -3.03. The molecule has 0 aromatic carbocycles. The second kappa shape index (κ2) is 5.95. The molecule has 8 heteroatoms. The van der Waals surface area contributed by atoms with Crippen LogP contribution in [0, 0.1) is 0 Å². The molecule has 0 saturated heterocycles. The van der Waals surface area contributed by atoms with Gasteiger partial charge in [-0.25, -0.2) is 4.98 Å². The number of rotatable bonds is 5. The van der Waals surface area contributed by atoms with E-state index in [9.17, 15) is 0 Å². The van der Waals surface area contributed by atoms with Crippen LogP contribution in [0.4, 0.5) is 5.95 Å². The van der Waals surface area contributed by atoms with Crippen molar-refractivity contribution in [1.29, 1.82) is 0 Å². The summed E-state index contributed by atoms with van der Waals surface area (Å²) in [5.74, 6) is 1.83. The van der Waals surface area contributed by atoms with Crippen molar-refractivity contribution < 1.29 is 9.26 Å². The quantitative estimate of drug-likeness (QED) is 0.753. The molecule has 0 aliphatic carbocycles. The molecule has 0 fully saturated rings. The molecule has 0 saturated carbocycles. The van der Waals surface area contributed by atoms with E-state index in [0.717, 1.165) is 5.56 Å². The van der Waals surface area contributed by atoms with Gasteiger partial charge in [-0.3, -0.25) is 4.98 Å². The average Bonchev–Trinajstić information content (AvgIpc) is 3.03. The summed E-state index contributed by atoms with van der Waals surface area (Å²) in [6, 6.07) is 5.34. The van der Waals surface area contributed by atoms with Crippen LogP contribution in [0.1, 0.15) is 5.89 Å². The zero-order valence-corrected chi connectivity index (χ0v) is 11.2. The van der Waals surface area contributed by atoms with Crippen LogP contribution in [0.5, 0.6) is 5.88 Å². The molecule has 3 heterocycles. The van der Waals surface area contributed by atoms with Gasteiger partial charge in [0.2, 0.25) is 23.5 Å². The topological polar surface area (TPSA) is 98.8 Å². The van der Waals surface area contributed by atoms with E-state index in [1.54, 1.807) is 31.8 Å². The summed E-state index contributed by atoms with van der Waals surface area (Å²) < 4.78 is 10.2. The summed E-state index contributed by atoms with van der Waals surface area (Å²) in [7, 11) is 1.55. The molecule has 3 aromatic rings. The van der Waals surface area contributed by atoms with Crippen LogP contribution in [-0.2, 0) is 6.54 Å². The Kier molecular flexibility index (Phi) is 3.68. The third kappa shape index (κ3) is 3.11. The molecule has 0 amide bonds. The number of ether oxygens (including phenoxy) is 1. The highest BCUT2D eigenvalue weighted by atomic mass is 16.5. The van der Waals surface area contributed by atoms with Crippen molar-refractivity contribution in [3.8, 4) is 17.3 Å². The summed E-state index contributed by atoms with van der Waals surface area (Å²) in [5, 5.41) is 6.89. The maximum absolute atomic E-state index is 5.16. The van der Waals surface area contributed by atoms with E-state index in [4.69, 9.17) is 9.26 Å². The van der Waals surface area contributed by atoms with Crippen molar-refractivity contribution >= 4 is 5.95 Å². The van der Waals surface area contributed by atoms with Gasteiger partial charge in [0.25, 0.3) is 0 Å². The smallest absolute Gasteiger partial charge is 0.246 e. The second-order valence-electron chi connectivity index (χ2n) is 4.03. The lowest BCUT2D eigenvalue weighted by atomic mass is 10.3. The normalized spacial score (nSPS) is 10.3.